The molecule has 0 aliphatic carbocycles. The Hall–Kier alpha value is -2.64. The highest BCUT2D eigenvalue weighted by atomic mass is 16.5. The summed E-state index contributed by atoms with van der Waals surface area (Å²) in [6.07, 6.45) is 3.33. The number of imidazole rings is 1. The number of rotatable bonds is 8. The number of ether oxygens (including phenoxy) is 2. The van der Waals surface area contributed by atoms with Crippen LogP contribution >= 0.6 is 0 Å². The van der Waals surface area contributed by atoms with Crippen molar-refractivity contribution in [1.82, 2.24) is 19.9 Å². The fourth-order valence-corrected chi connectivity index (χ4v) is 3.75. The molecule has 1 aliphatic heterocycles. The Kier molecular flexibility index (Phi) is 6.27. The number of para-hydroxylation sites is 1. The van der Waals surface area contributed by atoms with Gasteiger partial charge < -0.3 is 24.5 Å². The standard InChI is InChI=1S/C22H28N4O3/c1-16-24-19-5-4-6-20(22(19)25-16)28-15-18(27)13-26-11-8-17(9-12-26)14-29-21-7-2-3-10-23-21/h2-7,10,17-18,27H,8-9,11-15H2,1H3,(H,24,25). The van der Waals surface area contributed by atoms with Crippen molar-refractivity contribution in [2.24, 2.45) is 5.92 Å². The number of piperidine rings is 1. The molecule has 1 aliphatic rings. The molecule has 0 saturated carbocycles. The third kappa shape index (κ3) is 5.25. The number of aromatic nitrogens is 3. The Bertz CT molecular complexity index is 907. The van der Waals surface area contributed by atoms with E-state index in [9.17, 15) is 5.11 Å². The number of pyridine rings is 1. The van der Waals surface area contributed by atoms with Gasteiger partial charge in [-0.25, -0.2) is 9.97 Å². The van der Waals surface area contributed by atoms with Gasteiger partial charge in [0, 0.05) is 18.8 Å². The van der Waals surface area contributed by atoms with Crippen molar-refractivity contribution in [1.29, 1.82) is 0 Å². The summed E-state index contributed by atoms with van der Waals surface area (Å²) in [6.45, 7) is 5.41. The normalized spacial score (nSPS) is 16.8. The largest absolute Gasteiger partial charge is 0.488 e. The summed E-state index contributed by atoms with van der Waals surface area (Å²) in [5.41, 5.74) is 1.76. The first-order valence-electron chi connectivity index (χ1n) is 10.2. The van der Waals surface area contributed by atoms with Crippen LogP contribution in [-0.4, -0.2) is 63.9 Å². The Labute approximate surface area is 170 Å². The number of likely N-dealkylation sites (tertiary alicyclic amines) is 1. The van der Waals surface area contributed by atoms with E-state index in [1.54, 1.807) is 6.20 Å². The summed E-state index contributed by atoms with van der Waals surface area (Å²) < 4.78 is 11.6. The number of aryl methyl sites for hydroxylation is 1. The summed E-state index contributed by atoms with van der Waals surface area (Å²) in [6, 6.07) is 11.5. The molecule has 1 aromatic carbocycles. The van der Waals surface area contributed by atoms with Crippen molar-refractivity contribution >= 4 is 11.0 Å². The van der Waals surface area contributed by atoms with Crippen LogP contribution in [0.1, 0.15) is 18.7 Å². The number of aliphatic hydroxyl groups excluding tert-OH is 1. The molecule has 0 radical (unpaired) electrons. The number of hydrogen-bond donors (Lipinski definition) is 2. The number of benzene rings is 1. The molecule has 3 aromatic rings. The Morgan fingerprint density at radius 3 is 2.83 bits per heavy atom. The van der Waals surface area contributed by atoms with Crippen LogP contribution < -0.4 is 9.47 Å². The number of aromatic amines is 1. The molecule has 1 saturated heterocycles. The average Bonchev–Trinajstić information content (AvgIpc) is 3.13. The van der Waals surface area contributed by atoms with E-state index in [2.05, 4.69) is 19.9 Å². The number of β-amino-alcohol motifs (C(OH)–C–C–N with tert-alkyl or cyclic N) is 1. The lowest BCUT2D eigenvalue weighted by atomic mass is 9.97. The second-order valence-corrected chi connectivity index (χ2v) is 7.66. The first kappa shape index (κ1) is 19.7. The molecule has 2 N–H and O–H groups in total. The number of hydrogen-bond acceptors (Lipinski definition) is 6. The van der Waals surface area contributed by atoms with Gasteiger partial charge in [-0.1, -0.05) is 12.1 Å². The van der Waals surface area contributed by atoms with Crippen LogP contribution in [0.5, 0.6) is 11.6 Å². The second-order valence-electron chi connectivity index (χ2n) is 7.66. The van der Waals surface area contributed by atoms with Gasteiger partial charge in [-0.15, -0.1) is 0 Å². The molecule has 4 rings (SSSR count). The highest BCUT2D eigenvalue weighted by Gasteiger charge is 2.22. The third-order valence-corrected chi connectivity index (χ3v) is 5.31. The van der Waals surface area contributed by atoms with Crippen LogP contribution in [0.15, 0.2) is 42.6 Å². The minimum Gasteiger partial charge on any atom is -0.488 e. The van der Waals surface area contributed by atoms with E-state index in [1.165, 1.54) is 0 Å². The molecule has 7 nitrogen and oxygen atoms in total. The smallest absolute Gasteiger partial charge is 0.213 e. The molecule has 2 aromatic heterocycles. The first-order chi connectivity index (χ1) is 14.2. The first-order valence-corrected chi connectivity index (χ1v) is 10.2. The summed E-state index contributed by atoms with van der Waals surface area (Å²) in [4.78, 5) is 14.2. The van der Waals surface area contributed by atoms with Crippen LogP contribution in [0.4, 0.5) is 0 Å². The molecule has 154 valence electrons. The van der Waals surface area contributed by atoms with Crippen LogP contribution in [0.2, 0.25) is 0 Å². The minimum absolute atomic E-state index is 0.258. The molecule has 0 bridgehead atoms. The lowest BCUT2D eigenvalue weighted by Gasteiger charge is -2.32. The van der Waals surface area contributed by atoms with E-state index in [-0.39, 0.29) is 6.61 Å². The molecule has 0 amide bonds. The van der Waals surface area contributed by atoms with Crippen LogP contribution in [0, 0.1) is 12.8 Å². The Balaban J connectivity index is 1.19. The van der Waals surface area contributed by atoms with Gasteiger partial charge in [0.15, 0.2) is 0 Å². The predicted molar refractivity (Wildman–Crippen MR) is 111 cm³/mol. The van der Waals surface area contributed by atoms with E-state index in [0.29, 0.717) is 30.7 Å². The van der Waals surface area contributed by atoms with Gasteiger partial charge in [0.2, 0.25) is 5.88 Å². The number of nitrogens with one attached hydrogen (secondary N) is 1. The van der Waals surface area contributed by atoms with E-state index < -0.39 is 6.10 Å². The van der Waals surface area contributed by atoms with Gasteiger partial charge in [-0.3, -0.25) is 0 Å². The maximum atomic E-state index is 10.4. The van der Waals surface area contributed by atoms with Gasteiger partial charge in [0.25, 0.3) is 0 Å². The zero-order chi connectivity index (χ0) is 20.1. The van der Waals surface area contributed by atoms with Crippen molar-refractivity contribution < 1.29 is 14.6 Å². The van der Waals surface area contributed by atoms with E-state index in [1.807, 2.05) is 43.3 Å². The van der Waals surface area contributed by atoms with Crippen LogP contribution in [-0.2, 0) is 0 Å². The van der Waals surface area contributed by atoms with Crippen molar-refractivity contribution in [3.8, 4) is 11.6 Å². The average molecular weight is 396 g/mol. The van der Waals surface area contributed by atoms with Crippen LogP contribution in [0.3, 0.4) is 0 Å². The number of aliphatic hydroxyl groups is 1. The minimum atomic E-state index is -0.536. The number of H-pyrrole nitrogens is 1. The molecule has 7 heteroatoms. The predicted octanol–water partition coefficient (Wildman–Crippen LogP) is 2.80. The van der Waals surface area contributed by atoms with Gasteiger partial charge in [0.05, 0.1) is 12.1 Å². The van der Waals surface area contributed by atoms with Gasteiger partial charge in [0.1, 0.15) is 29.8 Å². The fraction of sp³-hybridized carbons (Fsp3) is 0.455. The second kappa shape index (κ2) is 9.24. The van der Waals surface area contributed by atoms with E-state index in [0.717, 1.165) is 42.8 Å². The van der Waals surface area contributed by atoms with Crippen molar-refractivity contribution in [2.75, 3.05) is 32.8 Å². The highest BCUT2D eigenvalue weighted by Crippen LogP contribution is 2.24. The number of nitrogens with zero attached hydrogens (tertiary/aromatic N) is 3. The summed E-state index contributed by atoms with van der Waals surface area (Å²) in [5.74, 6) is 2.77. The summed E-state index contributed by atoms with van der Waals surface area (Å²) in [7, 11) is 0. The summed E-state index contributed by atoms with van der Waals surface area (Å²) >= 11 is 0. The fourth-order valence-electron chi connectivity index (χ4n) is 3.75. The zero-order valence-corrected chi connectivity index (χ0v) is 16.8. The SMILES string of the molecule is Cc1nc2c(OCC(O)CN3CCC(COc4ccccn4)CC3)cccc2[nH]1. The van der Waals surface area contributed by atoms with Gasteiger partial charge >= 0.3 is 0 Å². The monoisotopic (exact) mass is 396 g/mol. The molecule has 1 fully saturated rings. The molecular formula is C22H28N4O3. The van der Waals surface area contributed by atoms with Crippen molar-refractivity contribution in [2.45, 2.75) is 25.9 Å². The van der Waals surface area contributed by atoms with Gasteiger partial charge in [-0.2, -0.15) is 0 Å². The molecule has 3 heterocycles. The van der Waals surface area contributed by atoms with E-state index in [4.69, 9.17) is 9.47 Å². The molecule has 0 spiro atoms. The van der Waals surface area contributed by atoms with E-state index >= 15 is 0 Å². The lowest BCUT2D eigenvalue weighted by Crippen LogP contribution is -2.41. The molecular weight excluding hydrogens is 368 g/mol. The topological polar surface area (TPSA) is 83.5 Å². The lowest BCUT2D eigenvalue weighted by molar-refractivity contribution is 0.0504. The van der Waals surface area contributed by atoms with Crippen molar-refractivity contribution in [3.05, 3.63) is 48.4 Å². The van der Waals surface area contributed by atoms with Crippen LogP contribution in [0.25, 0.3) is 11.0 Å². The quantitative estimate of drug-likeness (QED) is 0.609. The molecule has 29 heavy (non-hydrogen) atoms. The highest BCUT2D eigenvalue weighted by molar-refractivity contribution is 5.81. The van der Waals surface area contributed by atoms with Crippen molar-refractivity contribution in [3.63, 3.8) is 0 Å². The number of fused-ring (bicyclic) bond motifs is 1. The third-order valence-electron chi connectivity index (χ3n) is 5.31. The maximum absolute atomic E-state index is 10.4. The zero-order valence-electron chi connectivity index (χ0n) is 16.8. The summed E-state index contributed by atoms with van der Waals surface area (Å²) in [5, 5.41) is 10.4. The molecule has 1 unspecified atom stereocenters. The maximum Gasteiger partial charge on any atom is 0.213 e. The Morgan fingerprint density at radius 2 is 2.03 bits per heavy atom. The Morgan fingerprint density at radius 1 is 1.17 bits per heavy atom. The van der Waals surface area contributed by atoms with Gasteiger partial charge in [-0.05, 0) is 57.0 Å². The molecule has 1 atom stereocenters.